The molecule has 2 rings (SSSR count). The zero-order valence-corrected chi connectivity index (χ0v) is 12.9. The van der Waals surface area contributed by atoms with Crippen LogP contribution in [0.2, 0.25) is 5.02 Å². The number of methoxy groups -OCH3 is 1. The maximum absolute atomic E-state index is 12.4. The van der Waals surface area contributed by atoms with E-state index in [1.807, 2.05) is 0 Å². The number of halogens is 1. The Bertz CT molecular complexity index is 699. The standard InChI is InChI=1S/C16H15ClN2O3/c1-18-15(20)10-3-8-14(22-2)13(9-10)16(21)19-12-6-4-11(17)5-7-12/h3-9H,1-2H3,(H,18,20)(H,19,21). The maximum Gasteiger partial charge on any atom is 0.259 e. The van der Waals surface area contributed by atoms with Gasteiger partial charge in [-0.15, -0.1) is 0 Å². The summed E-state index contributed by atoms with van der Waals surface area (Å²) in [5.74, 6) is -0.257. The third-order valence-corrected chi connectivity index (χ3v) is 3.29. The summed E-state index contributed by atoms with van der Waals surface area (Å²) >= 11 is 5.81. The molecule has 0 spiro atoms. The normalized spacial score (nSPS) is 9.95. The number of anilines is 1. The zero-order chi connectivity index (χ0) is 16.1. The molecule has 0 radical (unpaired) electrons. The molecule has 2 aromatic carbocycles. The third kappa shape index (κ3) is 3.56. The second-order valence-corrected chi connectivity index (χ2v) is 4.89. The van der Waals surface area contributed by atoms with E-state index in [4.69, 9.17) is 16.3 Å². The van der Waals surface area contributed by atoms with Gasteiger partial charge in [-0.3, -0.25) is 9.59 Å². The maximum atomic E-state index is 12.4. The first-order valence-corrected chi connectivity index (χ1v) is 6.90. The fourth-order valence-electron chi connectivity index (χ4n) is 1.90. The van der Waals surface area contributed by atoms with E-state index < -0.39 is 0 Å². The summed E-state index contributed by atoms with van der Waals surface area (Å²) in [5.41, 5.74) is 1.25. The fourth-order valence-corrected chi connectivity index (χ4v) is 2.03. The van der Waals surface area contributed by atoms with E-state index in [0.717, 1.165) is 0 Å². The molecule has 0 bridgehead atoms. The summed E-state index contributed by atoms with van der Waals surface area (Å²) in [6.45, 7) is 0. The van der Waals surface area contributed by atoms with Crippen molar-refractivity contribution >= 4 is 29.1 Å². The molecule has 114 valence electrons. The van der Waals surface area contributed by atoms with Crippen LogP contribution in [0.4, 0.5) is 5.69 Å². The van der Waals surface area contributed by atoms with Crippen LogP contribution in [0.5, 0.6) is 5.75 Å². The van der Waals surface area contributed by atoms with Crippen molar-refractivity contribution < 1.29 is 14.3 Å². The summed E-state index contributed by atoms with van der Waals surface area (Å²) in [4.78, 5) is 24.1. The molecule has 2 aromatic rings. The van der Waals surface area contributed by atoms with Gasteiger partial charge in [0, 0.05) is 23.3 Å². The van der Waals surface area contributed by atoms with Gasteiger partial charge in [-0.25, -0.2) is 0 Å². The average molecular weight is 319 g/mol. The summed E-state index contributed by atoms with van der Waals surface area (Å²) in [5, 5.41) is 5.83. The van der Waals surface area contributed by atoms with Crippen molar-refractivity contribution in [1.29, 1.82) is 0 Å². The molecule has 0 unspecified atom stereocenters. The third-order valence-electron chi connectivity index (χ3n) is 3.04. The lowest BCUT2D eigenvalue weighted by Crippen LogP contribution is -2.19. The molecule has 0 aromatic heterocycles. The van der Waals surface area contributed by atoms with Crippen molar-refractivity contribution in [2.75, 3.05) is 19.5 Å². The molecule has 0 saturated heterocycles. The molecular formula is C16H15ClN2O3. The summed E-state index contributed by atoms with van der Waals surface area (Å²) in [6.07, 6.45) is 0. The molecular weight excluding hydrogens is 304 g/mol. The average Bonchev–Trinajstić information content (AvgIpc) is 2.55. The van der Waals surface area contributed by atoms with Gasteiger partial charge in [0.05, 0.1) is 12.7 Å². The first-order valence-electron chi connectivity index (χ1n) is 6.52. The van der Waals surface area contributed by atoms with E-state index in [-0.39, 0.29) is 17.4 Å². The van der Waals surface area contributed by atoms with Crippen LogP contribution in [0.15, 0.2) is 42.5 Å². The molecule has 0 atom stereocenters. The SMILES string of the molecule is CNC(=O)c1ccc(OC)c(C(=O)Nc2ccc(Cl)cc2)c1. The van der Waals surface area contributed by atoms with Crippen LogP contribution in [-0.2, 0) is 0 Å². The van der Waals surface area contributed by atoms with Gasteiger partial charge in [0.25, 0.3) is 11.8 Å². The van der Waals surface area contributed by atoms with Gasteiger partial charge in [-0.05, 0) is 42.5 Å². The van der Waals surface area contributed by atoms with Crippen LogP contribution < -0.4 is 15.4 Å². The van der Waals surface area contributed by atoms with E-state index in [1.165, 1.54) is 20.2 Å². The van der Waals surface area contributed by atoms with Crippen molar-refractivity contribution in [3.63, 3.8) is 0 Å². The summed E-state index contributed by atoms with van der Waals surface area (Å²) in [6, 6.07) is 11.4. The number of carbonyl (C=O) groups is 2. The number of nitrogens with one attached hydrogen (secondary N) is 2. The highest BCUT2D eigenvalue weighted by Crippen LogP contribution is 2.22. The van der Waals surface area contributed by atoms with Gasteiger partial charge < -0.3 is 15.4 Å². The Balaban J connectivity index is 2.30. The summed E-state index contributed by atoms with van der Waals surface area (Å²) in [7, 11) is 2.99. The lowest BCUT2D eigenvalue weighted by Gasteiger charge is -2.11. The van der Waals surface area contributed by atoms with Crippen molar-refractivity contribution in [3.05, 3.63) is 58.6 Å². The Labute approximate surface area is 133 Å². The molecule has 0 aliphatic carbocycles. The fraction of sp³-hybridized carbons (Fsp3) is 0.125. The quantitative estimate of drug-likeness (QED) is 0.910. The van der Waals surface area contributed by atoms with E-state index in [9.17, 15) is 9.59 Å². The Morgan fingerprint density at radius 3 is 2.32 bits per heavy atom. The molecule has 2 amide bonds. The van der Waals surface area contributed by atoms with Crippen LogP contribution >= 0.6 is 11.6 Å². The van der Waals surface area contributed by atoms with Crippen molar-refractivity contribution in [3.8, 4) is 5.75 Å². The minimum atomic E-state index is -0.370. The first kappa shape index (κ1) is 15.9. The zero-order valence-electron chi connectivity index (χ0n) is 12.1. The number of rotatable bonds is 4. The van der Waals surface area contributed by atoms with Crippen molar-refractivity contribution in [1.82, 2.24) is 5.32 Å². The number of hydrogen-bond acceptors (Lipinski definition) is 3. The highest BCUT2D eigenvalue weighted by Gasteiger charge is 2.15. The first-order chi connectivity index (χ1) is 10.5. The molecule has 22 heavy (non-hydrogen) atoms. The lowest BCUT2D eigenvalue weighted by atomic mass is 10.1. The minimum Gasteiger partial charge on any atom is -0.496 e. The number of ether oxygens (including phenoxy) is 1. The van der Waals surface area contributed by atoms with Crippen LogP contribution in [0, 0.1) is 0 Å². The van der Waals surface area contributed by atoms with Crippen LogP contribution in [0.1, 0.15) is 20.7 Å². The van der Waals surface area contributed by atoms with Crippen LogP contribution in [-0.4, -0.2) is 26.0 Å². The molecule has 0 aliphatic heterocycles. The predicted molar refractivity (Wildman–Crippen MR) is 85.8 cm³/mol. The summed E-state index contributed by atoms with van der Waals surface area (Å²) < 4.78 is 5.18. The Kier molecular flexibility index (Phi) is 5.01. The minimum absolute atomic E-state index is 0.275. The van der Waals surface area contributed by atoms with Gasteiger partial charge in [0.15, 0.2) is 0 Å². The smallest absolute Gasteiger partial charge is 0.259 e. The topological polar surface area (TPSA) is 67.4 Å². The molecule has 0 saturated carbocycles. The van der Waals surface area contributed by atoms with Crippen LogP contribution in [0.25, 0.3) is 0 Å². The van der Waals surface area contributed by atoms with E-state index >= 15 is 0 Å². The molecule has 0 aliphatic rings. The molecule has 0 fully saturated rings. The lowest BCUT2D eigenvalue weighted by molar-refractivity contribution is 0.0963. The Hall–Kier alpha value is -2.53. The van der Waals surface area contributed by atoms with Crippen molar-refractivity contribution in [2.45, 2.75) is 0 Å². The Morgan fingerprint density at radius 1 is 1.05 bits per heavy atom. The molecule has 6 heteroatoms. The number of amides is 2. The van der Waals surface area contributed by atoms with Gasteiger partial charge in [-0.1, -0.05) is 11.6 Å². The second kappa shape index (κ2) is 6.95. The highest BCUT2D eigenvalue weighted by molar-refractivity contribution is 6.30. The van der Waals surface area contributed by atoms with Gasteiger partial charge in [0.1, 0.15) is 5.75 Å². The predicted octanol–water partition coefficient (Wildman–Crippen LogP) is 2.96. The van der Waals surface area contributed by atoms with Crippen molar-refractivity contribution in [2.24, 2.45) is 0 Å². The van der Waals surface area contributed by atoms with Gasteiger partial charge in [0.2, 0.25) is 0 Å². The largest absolute Gasteiger partial charge is 0.496 e. The van der Waals surface area contributed by atoms with Crippen LogP contribution in [0.3, 0.4) is 0 Å². The molecule has 0 heterocycles. The molecule has 5 nitrogen and oxygen atoms in total. The van der Waals surface area contributed by atoms with E-state index in [0.29, 0.717) is 22.0 Å². The highest BCUT2D eigenvalue weighted by atomic mass is 35.5. The number of benzene rings is 2. The molecule has 2 N–H and O–H groups in total. The monoisotopic (exact) mass is 318 g/mol. The Morgan fingerprint density at radius 2 is 1.73 bits per heavy atom. The number of hydrogen-bond donors (Lipinski definition) is 2. The van der Waals surface area contributed by atoms with E-state index in [2.05, 4.69) is 10.6 Å². The second-order valence-electron chi connectivity index (χ2n) is 4.46. The van der Waals surface area contributed by atoms with Gasteiger partial charge in [-0.2, -0.15) is 0 Å². The number of carbonyl (C=O) groups excluding carboxylic acids is 2. The van der Waals surface area contributed by atoms with Gasteiger partial charge >= 0.3 is 0 Å². The van der Waals surface area contributed by atoms with E-state index in [1.54, 1.807) is 36.4 Å².